The maximum Gasteiger partial charge on any atom is 0.339 e. The van der Waals surface area contributed by atoms with Crippen LogP contribution < -0.4 is 0 Å². The highest BCUT2D eigenvalue weighted by molar-refractivity contribution is 6.19. The van der Waals surface area contributed by atoms with Gasteiger partial charge in [-0.2, -0.15) is 0 Å². The van der Waals surface area contributed by atoms with E-state index in [1.807, 2.05) is 60.7 Å². The van der Waals surface area contributed by atoms with Crippen LogP contribution in [0.3, 0.4) is 0 Å². The van der Waals surface area contributed by atoms with Gasteiger partial charge < -0.3 is 28.4 Å². The second-order valence-electron chi connectivity index (χ2n) is 10.4. The molecule has 0 unspecified atom stereocenters. The molecule has 0 N–H and O–H groups in total. The molecule has 9 heteroatoms. The van der Waals surface area contributed by atoms with Gasteiger partial charge in [0, 0.05) is 22.3 Å². The molecule has 0 amide bonds. The number of cyclic esters (lactones) is 2. The van der Waals surface area contributed by atoms with E-state index in [2.05, 4.69) is 0 Å². The van der Waals surface area contributed by atoms with Gasteiger partial charge in [0.25, 0.3) is 0 Å². The van der Waals surface area contributed by atoms with Crippen molar-refractivity contribution in [3.05, 3.63) is 82.9 Å². The Bertz CT molecular complexity index is 1590. The summed E-state index contributed by atoms with van der Waals surface area (Å²) in [5.41, 5.74) is 2.16. The van der Waals surface area contributed by atoms with Crippen LogP contribution in [0.15, 0.2) is 60.7 Å². The SMILES string of the molecule is O=C1COC(=O)c2c(C3OCCCO3)cc3ccccc3c2-c2c(c(C3OCCCO3)cc3ccccc23)C(=O)OC1. The summed E-state index contributed by atoms with van der Waals surface area (Å²) >= 11 is 0. The highest BCUT2D eigenvalue weighted by atomic mass is 16.7. The van der Waals surface area contributed by atoms with E-state index in [4.69, 9.17) is 28.4 Å². The van der Waals surface area contributed by atoms with Gasteiger partial charge in [-0.05, 0) is 46.5 Å². The molecule has 42 heavy (non-hydrogen) atoms. The van der Waals surface area contributed by atoms with Crippen LogP contribution in [0.2, 0.25) is 0 Å². The zero-order valence-corrected chi connectivity index (χ0v) is 22.8. The molecule has 2 saturated heterocycles. The van der Waals surface area contributed by atoms with Gasteiger partial charge in [0.2, 0.25) is 5.78 Å². The van der Waals surface area contributed by atoms with Crippen LogP contribution in [-0.4, -0.2) is 57.4 Å². The van der Waals surface area contributed by atoms with Crippen molar-refractivity contribution < 1.29 is 42.8 Å². The van der Waals surface area contributed by atoms with Crippen LogP contribution in [0.25, 0.3) is 32.7 Å². The zero-order chi connectivity index (χ0) is 28.6. The first kappa shape index (κ1) is 26.7. The molecule has 2 fully saturated rings. The number of ether oxygens (including phenoxy) is 6. The van der Waals surface area contributed by atoms with E-state index in [1.165, 1.54) is 0 Å². The van der Waals surface area contributed by atoms with Gasteiger partial charge in [-0.15, -0.1) is 0 Å². The number of carbonyl (C=O) groups is 3. The molecule has 4 aromatic carbocycles. The number of Topliss-reactive ketones (excluding diaryl/α,β-unsaturated/α-hetero) is 1. The molecule has 7 rings (SSSR count). The normalized spacial score (nSPS) is 19.1. The summed E-state index contributed by atoms with van der Waals surface area (Å²) in [6.45, 7) is 0.697. The van der Waals surface area contributed by atoms with E-state index < -0.39 is 43.5 Å². The van der Waals surface area contributed by atoms with Gasteiger partial charge in [-0.3, -0.25) is 4.79 Å². The van der Waals surface area contributed by atoms with Gasteiger partial charge in [0.1, 0.15) is 0 Å². The van der Waals surface area contributed by atoms with Crippen molar-refractivity contribution in [1.82, 2.24) is 0 Å². The number of ketones is 1. The van der Waals surface area contributed by atoms with E-state index in [1.54, 1.807) is 0 Å². The van der Waals surface area contributed by atoms with Crippen molar-refractivity contribution in [2.24, 2.45) is 0 Å². The lowest BCUT2D eigenvalue weighted by Crippen LogP contribution is -2.23. The van der Waals surface area contributed by atoms with Crippen LogP contribution in [0.1, 0.15) is 57.3 Å². The number of rotatable bonds is 2. The summed E-state index contributed by atoms with van der Waals surface area (Å²) in [6.07, 6.45) is -0.259. The fourth-order valence-corrected chi connectivity index (χ4v) is 5.88. The average Bonchev–Trinajstić information content (AvgIpc) is 3.06. The van der Waals surface area contributed by atoms with Gasteiger partial charge in [0.15, 0.2) is 25.8 Å². The highest BCUT2D eigenvalue weighted by Crippen LogP contribution is 2.46. The number of benzene rings is 4. The lowest BCUT2D eigenvalue weighted by atomic mass is 9.83. The van der Waals surface area contributed by atoms with Crippen LogP contribution >= 0.6 is 0 Å². The quantitative estimate of drug-likeness (QED) is 0.293. The second-order valence-corrected chi connectivity index (χ2v) is 10.4. The monoisotopic (exact) mass is 568 g/mol. The summed E-state index contributed by atoms with van der Waals surface area (Å²) in [6, 6.07) is 18.9. The molecule has 9 nitrogen and oxygen atoms in total. The van der Waals surface area contributed by atoms with Crippen LogP contribution in [0, 0.1) is 0 Å². The van der Waals surface area contributed by atoms with Crippen molar-refractivity contribution in [3.63, 3.8) is 0 Å². The van der Waals surface area contributed by atoms with E-state index >= 15 is 0 Å². The lowest BCUT2D eigenvalue weighted by molar-refractivity contribution is -0.183. The molecular weight excluding hydrogens is 540 g/mol. The Morgan fingerprint density at radius 1 is 0.524 bits per heavy atom. The minimum Gasteiger partial charge on any atom is -0.454 e. The highest BCUT2D eigenvalue weighted by Gasteiger charge is 2.35. The topological polar surface area (TPSA) is 107 Å². The van der Waals surface area contributed by atoms with E-state index in [9.17, 15) is 14.4 Å². The number of esters is 2. The molecule has 4 aromatic rings. The summed E-state index contributed by atoms with van der Waals surface area (Å²) in [4.78, 5) is 40.8. The van der Waals surface area contributed by atoms with Crippen molar-refractivity contribution in [2.45, 2.75) is 25.4 Å². The number of hydrogen-bond donors (Lipinski definition) is 0. The first-order valence-corrected chi connectivity index (χ1v) is 14.0. The third-order valence-corrected chi connectivity index (χ3v) is 7.71. The number of fused-ring (bicyclic) bond motifs is 7. The van der Waals surface area contributed by atoms with Crippen LogP contribution in [0.4, 0.5) is 0 Å². The Morgan fingerprint density at radius 2 is 0.929 bits per heavy atom. The third-order valence-electron chi connectivity index (χ3n) is 7.71. The largest absolute Gasteiger partial charge is 0.454 e. The molecule has 0 radical (unpaired) electrons. The van der Waals surface area contributed by atoms with E-state index in [0.717, 1.165) is 23.6 Å². The Hall–Kier alpha value is -4.15. The lowest BCUT2D eigenvalue weighted by Gasteiger charge is -2.29. The van der Waals surface area contributed by atoms with Gasteiger partial charge >= 0.3 is 11.9 Å². The fraction of sp³-hybridized carbons (Fsp3) is 0.303. The van der Waals surface area contributed by atoms with Crippen LogP contribution in [0.5, 0.6) is 0 Å². The molecule has 214 valence electrons. The molecular formula is C33H28O9. The second kappa shape index (κ2) is 11.3. The van der Waals surface area contributed by atoms with Crippen molar-refractivity contribution in [2.75, 3.05) is 39.6 Å². The zero-order valence-electron chi connectivity index (χ0n) is 22.8. The number of carbonyl (C=O) groups excluding carboxylic acids is 3. The Kier molecular flexibility index (Phi) is 7.17. The summed E-state index contributed by atoms with van der Waals surface area (Å²) in [5, 5.41) is 3.02. The van der Waals surface area contributed by atoms with Crippen molar-refractivity contribution in [3.8, 4) is 11.1 Å². The minimum atomic E-state index is -0.847. The maximum absolute atomic E-state index is 14.0. The first-order valence-electron chi connectivity index (χ1n) is 14.0. The predicted octanol–water partition coefficient (Wildman–Crippen LogP) is 5.43. The van der Waals surface area contributed by atoms with E-state index in [-0.39, 0.29) is 11.1 Å². The van der Waals surface area contributed by atoms with Gasteiger partial charge in [-0.25, -0.2) is 9.59 Å². The van der Waals surface area contributed by atoms with Crippen molar-refractivity contribution >= 4 is 39.3 Å². The van der Waals surface area contributed by atoms with Crippen molar-refractivity contribution in [1.29, 1.82) is 0 Å². The minimum absolute atomic E-state index is 0.164. The van der Waals surface area contributed by atoms with Crippen LogP contribution in [-0.2, 0) is 33.2 Å². The standard InChI is InChI=1S/C33H28O9/c34-21-17-41-30(35)28-24(32-37-11-5-12-38-32)15-19-7-1-3-9-22(19)26(28)27-23-10-4-2-8-20(23)16-25(29(27)31(36)42-18-21)33-39-13-6-14-40-33/h1-4,7-10,15-16,32-33H,5-6,11-14,17-18H2. The molecule has 0 aromatic heterocycles. The molecule has 0 aliphatic carbocycles. The molecule has 0 spiro atoms. The predicted molar refractivity (Wildman–Crippen MR) is 151 cm³/mol. The number of hydrogen-bond acceptors (Lipinski definition) is 9. The Labute approximate surface area is 241 Å². The molecule has 0 saturated carbocycles. The molecule has 0 atom stereocenters. The average molecular weight is 569 g/mol. The molecule has 0 bridgehead atoms. The maximum atomic E-state index is 14.0. The molecule has 3 heterocycles. The van der Waals surface area contributed by atoms with E-state index in [0.29, 0.717) is 59.5 Å². The van der Waals surface area contributed by atoms with Gasteiger partial charge in [-0.1, -0.05) is 48.5 Å². The first-order chi connectivity index (χ1) is 20.6. The molecule has 3 aliphatic rings. The summed E-state index contributed by atoms with van der Waals surface area (Å²) < 4.78 is 35.1. The Balaban J connectivity index is 1.65. The summed E-state index contributed by atoms with van der Waals surface area (Å²) in [7, 11) is 0. The molecule has 3 aliphatic heterocycles. The smallest absolute Gasteiger partial charge is 0.339 e. The Morgan fingerprint density at radius 3 is 1.36 bits per heavy atom. The van der Waals surface area contributed by atoms with Gasteiger partial charge in [0.05, 0.1) is 37.6 Å². The fourth-order valence-electron chi connectivity index (χ4n) is 5.88. The third kappa shape index (κ3) is 4.74. The summed E-state index contributed by atoms with van der Waals surface area (Å²) in [5.74, 6) is -2.00.